The summed E-state index contributed by atoms with van der Waals surface area (Å²) in [7, 11) is 1.31. The standard InChI is InChI=1S/C18H21N5O5S3.Na/c1-27-22-11(10-7-31-18(19)20-10)14(24)21-12-15(25)23-13(17(26)29)9(6-30-16(12)23)8-2-4-28-5-3-8;/h7-8,12,16H,2-6H2,1H3,(H2,19,20)(H,21,24)(H,26,29);/q;+1/p-1/b22-11-;/t12?,16-;/m1./s1. The number of anilines is 1. The molecule has 0 radical (unpaired) electrons. The van der Waals surface area contributed by atoms with Gasteiger partial charge in [-0.1, -0.05) is 17.4 Å². The summed E-state index contributed by atoms with van der Waals surface area (Å²) in [5.74, 6) is -0.250. The summed E-state index contributed by atoms with van der Waals surface area (Å²) in [6.45, 7) is 1.24. The summed E-state index contributed by atoms with van der Waals surface area (Å²) >= 11 is 7.62. The fraction of sp³-hybridized carbons (Fsp3) is 0.500. The van der Waals surface area contributed by atoms with Gasteiger partial charge in [-0.25, -0.2) is 4.98 Å². The number of hydrogen-bond acceptors (Lipinski definition) is 11. The number of rotatable bonds is 6. The van der Waals surface area contributed by atoms with Gasteiger partial charge in [-0.05, 0) is 29.4 Å². The zero-order valence-corrected chi connectivity index (χ0v) is 22.0. The molecule has 32 heavy (non-hydrogen) atoms. The fourth-order valence-corrected chi connectivity index (χ4v) is 6.13. The van der Waals surface area contributed by atoms with Crippen molar-refractivity contribution >= 4 is 63.0 Å². The summed E-state index contributed by atoms with van der Waals surface area (Å²) in [4.78, 5) is 36.0. The van der Waals surface area contributed by atoms with Crippen molar-refractivity contribution in [3.8, 4) is 0 Å². The fourth-order valence-electron chi connectivity index (χ4n) is 3.89. The molecule has 0 aromatic carbocycles. The molecule has 0 aliphatic carbocycles. The van der Waals surface area contributed by atoms with E-state index in [1.165, 1.54) is 23.8 Å². The third-order valence-corrected chi connectivity index (χ3v) is 7.52. The molecule has 2 atom stereocenters. The number of nitrogens with two attached hydrogens (primary N) is 1. The molecular weight excluding hydrogens is 485 g/mol. The normalized spacial score (nSPS) is 23.7. The Morgan fingerprint density at radius 1 is 1.47 bits per heavy atom. The third kappa shape index (κ3) is 4.83. The van der Waals surface area contributed by atoms with Gasteiger partial charge < -0.3 is 25.7 Å². The van der Waals surface area contributed by atoms with Gasteiger partial charge in [-0.3, -0.25) is 14.5 Å². The second kappa shape index (κ2) is 10.8. The van der Waals surface area contributed by atoms with Crippen molar-refractivity contribution in [3.63, 3.8) is 0 Å². The van der Waals surface area contributed by atoms with Crippen molar-refractivity contribution < 1.29 is 53.8 Å². The molecule has 0 bridgehead atoms. The number of carbonyl (C=O) groups is 2. The number of ether oxygens (including phenoxy) is 1. The van der Waals surface area contributed by atoms with Crippen molar-refractivity contribution in [1.82, 2.24) is 15.2 Å². The number of thioether (sulfide) groups is 1. The van der Waals surface area contributed by atoms with Gasteiger partial charge in [-0.2, -0.15) is 0 Å². The molecule has 4 heterocycles. The first-order valence-electron chi connectivity index (χ1n) is 9.52. The molecule has 10 nitrogen and oxygen atoms in total. The number of carbonyl (C=O) groups excluding carboxylic acids is 2. The molecular formula is C18H20N5NaO5S3. The van der Waals surface area contributed by atoms with Crippen LogP contribution >= 0.6 is 35.3 Å². The number of thiazole rings is 1. The van der Waals surface area contributed by atoms with Gasteiger partial charge >= 0.3 is 29.6 Å². The first-order valence-corrected chi connectivity index (χ1v) is 11.9. The largest absolute Gasteiger partial charge is 1.00 e. The van der Waals surface area contributed by atoms with E-state index in [2.05, 4.69) is 15.5 Å². The van der Waals surface area contributed by atoms with Crippen LogP contribution < -0.4 is 45.7 Å². The summed E-state index contributed by atoms with van der Waals surface area (Å²) in [6.07, 6.45) is 1.59. The van der Waals surface area contributed by atoms with Crippen LogP contribution in [0.3, 0.4) is 0 Å². The topological polar surface area (TPSA) is 142 Å². The van der Waals surface area contributed by atoms with E-state index in [1.54, 1.807) is 5.38 Å². The predicted molar refractivity (Wildman–Crippen MR) is 118 cm³/mol. The minimum absolute atomic E-state index is 0. The van der Waals surface area contributed by atoms with Gasteiger partial charge in [0.15, 0.2) is 10.8 Å². The van der Waals surface area contributed by atoms with Crippen molar-refractivity contribution in [2.75, 3.05) is 31.8 Å². The van der Waals surface area contributed by atoms with E-state index in [4.69, 9.17) is 27.5 Å². The number of thiocarbonyl (C=S) groups is 1. The van der Waals surface area contributed by atoms with Crippen LogP contribution in [0.1, 0.15) is 18.5 Å². The molecule has 3 aliphatic rings. The van der Waals surface area contributed by atoms with E-state index in [-0.39, 0.29) is 57.9 Å². The van der Waals surface area contributed by atoms with Crippen molar-refractivity contribution in [1.29, 1.82) is 0 Å². The van der Waals surface area contributed by atoms with Crippen LogP contribution in [-0.2, 0) is 19.2 Å². The molecule has 1 aromatic heterocycles. The Labute approximate surface area is 220 Å². The SMILES string of the molecule is CO/N=C(\C(=O)NC1C(=O)N2C(C([O-])=S)=C(C3CCOCC3)CS[C@H]12)c1csc(N)n1.[Na+]. The van der Waals surface area contributed by atoms with E-state index in [9.17, 15) is 14.7 Å². The molecule has 1 aromatic rings. The Kier molecular flexibility index (Phi) is 8.58. The molecule has 3 N–H and O–H groups in total. The molecule has 4 rings (SSSR count). The van der Waals surface area contributed by atoms with Crippen molar-refractivity contribution in [2.45, 2.75) is 24.3 Å². The van der Waals surface area contributed by atoms with Crippen LogP contribution in [0.25, 0.3) is 0 Å². The Hall–Kier alpha value is -1.22. The number of hydrogen-bond donors (Lipinski definition) is 2. The van der Waals surface area contributed by atoms with Crippen molar-refractivity contribution in [3.05, 3.63) is 22.3 Å². The Morgan fingerprint density at radius 2 is 2.19 bits per heavy atom. The number of nitrogens with zero attached hydrogens (tertiary/aromatic N) is 3. The summed E-state index contributed by atoms with van der Waals surface area (Å²) in [6, 6.07) is -0.809. The maximum Gasteiger partial charge on any atom is 1.00 e. The zero-order valence-electron chi connectivity index (χ0n) is 17.5. The van der Waals surface area contributed by atoms with Crippen LogP contribution in [0.15, 0.2) is 21.8 Å². The minimum Gasteiger partial charge on any atom is -0.863 e. The molecule has 0 saturated carbocycles. The molecule has 2 amide bonds. The molecule has 166 valence electrons. The van der Waals surface area contributed by atoms with E-state index < -0.39 is 22.4 Å². The molecule has 0 spiro atoms. The van der Waals surface area contributed by atoms with E-state index in [1.807, 2.05) is 0 Å². The average Bonchev–Trinajstić information content (AvgIpc) is 3.20. The van der Waals surface area contributed by atoms with Gasteiger partial charge in [0, 0.05) is 30.0 Å². The number of oxime groups is 1. The number of fused-ring (bicyclic) bond motifs is 1. The second-order valence-corrected chi connectivity index (χ2v) is 9.47. The van der Waals surface area contributed by atoms with Crippen LogP contribution in [0.4, 0.5) is 5.13 Å². The predicted octanol–water partition coefficient (Wildman–Crippen LogP) is -3.15. The zero-order chi connectivity index (χ0) is 22.1. The van der Waals surface area contributed by atoms with Crippen LogP contribution in [0, 0.1) is 5.92 Å². The van der Waals surface area contributed by atoms with Gasteiger partial charge in [0.05, 0.1) is 0 Å². The first kappa shape index (κ1) is 25.4. The second-order valence-electron chi connectivity index (χ2n) is 7.10. The number of aromatic nitrogens is 1. The third-order valence-electron chi connectivity index (χ3n) is 5.35. The first-order chi connectivity index (χ1) is 14.9. The smallest absolute Gasteiger partial charge is 0.863 e. The Bertz CT molecular complexity index is 978. The van der Waals surface area contributed by atoms with Gasteiger partial charge in [0.2, 0.25) is 0 Å². The summed E-state index contributed by atoms with van der Waals surface area (Å²) in [5, 5.41) is 19.6. The number of nitrogen functional groups attached to an aromatic ring is 1. The minimum atomic E-state index is -0.809. The average molecular weight is 506 g/mol. The maximum absolute atomic E-state index is 12.9. The van der Waals surface area contributed by atoms with E-state index in [0.29, 0.717) is 24.7 Å². The van der Waals surface area contributed by atoms with Crippen LogP contribution in [0.2, 0.25) is 0 Å². The monoisotopic (exact) mass is 505 g/mol. The molecule has 2 saturated heterocycles. The Balaban J connectivity index is 0.00000289. The van der Waals surface area contributed by atoms with Crippen LogP contribution in [0.5, 0.6) is 0 Å². The Morgan fingerprint density at radius 3 is 2.78 bits per heavy atom. The molecule has 3 aliphatic heterocycles. The van der Waals surface area contributed by atoms with Gasteiger partial charge in [-0.15, -0.1) is 23.1 Å². The van der Waals surface area contributed by atoms with E-state index in [0.717, 1.165) is 29.8 Å². The quantitative estimate of drug-likeness (QED) is 0.135. The summed E-state index contributed by atoms with van der Waals surface area (Å²) < 4.78 is 5.41. The van der Waals surface area contributed by atoms with E-state index >= 15 is 0 Å². The van der Waals surface area contributed by atoms with Gasteiger partial charge in [0.1, 0.15) is 24.2 Å². The molecule has 1 unspecified atom stereocenters. The van der Waals surface area contributed by atoms with Crippen molar-refractivity contribution in [2.24, 2.45) is 11.1 Å². The van der Waals surface area contributed by atoms with Crippen LogP contribution in [-0.4, -0.2) is 70.0 Å². The van der Waals surface area contributed by atoms with Gasteiger partial charge in [0.25, 0.3) is 11.8 Å². The number of amides is 2. The molecule has 2 fully saturated rings. The maximum atomic E-state index is 12.9. The summed E-state index contributed by atoms with van der Waals surface area (Å²) in [5.41, 5.74) is 7.01. The number of nitrogens with one attached hydrogen (secondary N) is 1. The number of β-lactam (4-membered cyclic amide) rings is 1. The molecule has 14 heteroatoms.